The van der Waals surface area contributed by atoms with E-state index >= 15 is 0 Å². The van der Waals surface area contributed by atoms with Gasteiger partial charge in [-0.2, -0.15) is 0 Å². The molecule has 0 fully saturated rings. The number of halogens is 1. The zero-order valence-electron chi connectivity index (χ0n) is 16.1. The summed E-state index contributed by atoms with van der Waals surface area (Å²) in [5.74, 6) is -0.445. The molecule has 0 N–H and O–H groups in total. The van der Waals surface area contributed by atoms with E-state index in [4.69, 9.17) is 9.47 Å². The monoisotopic (exact) mass is 404 g/mol. The van der Waals surface area contributed by atoms with E-state index in [0.717, 1.165) is 10.4 Å². The van der Waals surface area contributed by atoms with Crippen molar-refractivity contribution >= 4 is 27.5 Å². The van der Waals surface area contributed by atoms with Crippen LogP contribution in [0.25, 0.3) is 21.3 Å². The van der Waals surface area contributed by atoms with Gasteiger partial charge in [-0.05, 0) is 38.5 Å². The lowest BCUT2D eigenvalue weighted by Crippen LogP contribution is -2.32. The predicted molar refractivity (Wildman–Crippen MR) is 106 cm³/mol. The standard InChI is InChI=1S/C20H21FN2O4S/c1-11(20(25)27-10-9-26-4)23-13(3)22-18-17(19(23)24)16(12(2)28-18)14-5-7-15(21)8-6-14/h5-8,11H,9-10H2,1-4H3. The maximum atomic E-state index is 13.3. The van der Waals surface area contributed by atoms with Crippen LogP contribution in [0.4, 0.5) is 4.39 Å². The summed E-state index contributed by atoms with van der Waals surface area (Å²) in [6.07, 6.45) is 0. The van der Waals surface area contributed by atoms with Gasteiger partial charge in [0, 0.05) is 17.6 Å². The smallest absolute Gasteiger partial charge is 0.329 e. The van der Waals surface area contributed by atoms with Gasteiger partial charge < -0.3 is 9.47 Å². The van der Waals surface area contributed by atoms with E-state index in [1.54, 1.807) is 26.0 Å². The highest BCUT2D eigenvalue weighted by atomic mass is 32.1. The number of hydrogen-bond donors (Lipinski definition) is 0. The number of aryl methyl sites for hydroxylation is 2. The van der Waals surface area contributed by atoms with Gasteiger partial charge >= 0.3 is 5.97 Å². The van der Waals surface area contributed by atoms with Crippen molar-refractivity contribution in [2.24, 2.45) is 0 Å². The first-order chi connectivity index (χ1) is 13.3. The number of nitrogens with zero attached hydrogens (tertiary/aromatic N) is 2. The van der Waals surface area contributed by atoms with Crippen LogP contribution in [-0.4, -0.2) is 35.8 Å². The summed E-state index contributed by atoms with van der Waals surface area (Å²) >= 11 is 1.40. The SMILES string of the molecule is COCCOC(=O)C(C)n1c(C)nc2sc(C)c(-c3ccc(F)cc3)c2c1=O. The summed E-state index contributed by atoms with van der Waals surface area (Å²) in [7, 11) is 1.51. The molecule has 28 heavy (non-hydrogen) atoms. The number of fused-ring (bicyclic) bond motifs is 1. The molecule has 0 saturated heterocycles. The van der Waals surface area contributed by atoms with Crippen molar-refractivity contribution in [2.45, 2.75) is 26.8 Å². The largest absolute Gasteiger partial charge is 0.462 e. The van der Waals surface area contributed by atoms with E-state index in [9.17, 15) is 14.0 Å². The lowest BCUT2D eigenvalue weighted by atomic mass is 10.0. The summed E-state index contributed by atoms with van der Waals surface area (Å²) in [4.78, 5) is 31.7. The maximum absolute atomic E-state index is 13.3. The molecule has 0 bridgehead atoms. The normalized spacial score (nSPS) is 12.3. The number of ether oxygens (including phenoxy) is 2. The number of benzene rings is 1. The van der Waals surface area contributed by atoms with Gasteiger partial charge in [0.15, 0.2) is 0 Å². The van der Waals surface area contributed by atoms with Gasteiger partial charge in [0.05, 0.1) is 12.0 Å². The fourth-order valence-corrected chi connectivity index (χ4v) is 4.23. The summed E-state index contributed by atoms with van der Waals surface area (Å²) in [6.45, 7) is 5.58. The van der Waals surface area contributed by atoms with Gasteiger partial charge in [-0.1, -0.05) is 12.1 Å². The van der Waals surface area contributed by atoms with Crippen LogP contribution in [0.1, 0.15) is 23.7 Å². The van der Waals surface area contributed by atoms with Crippen molar-refractivity contribution in [1.82, 2.24) is 9.55 Å². The minimum absolute atomic E-state index is 0.113. The Morgan fingerprint density at radius 2 is 1.93 bits per heavy atom. The number of carbonyl (C=O) groups is 1. The highest BCUT2D eigenvalue weighted by molar-refractivity contribution is 7.19. The molecule has 0 saturated carbocycles. The van der Waals surface area contributed by atoms with E-state index in [1.807, 2.05) is 6.92 Å². The molecule has 0 aliphatic rings. The second-order valence-electron chi connectivity index (χ2n) is 6.39. The number of thiophene rings is 1. The zero-order chi connectivity index (χ0) is 20.4. The Morgan fingerprint density at radius 1 is 1.25 bits per heavy atom. The molecule has 0 amide bonds. The van der Waals surface area contributed by atoms with Crippen LogP contribution in [0, 0.1) is 19.7 Å². The van der Waals surface area contributed by atoms with Crippen molar-refractivity contribution < 1.29 is 18.7 Å². The van der Waals surface area contributed by atoms with Crippen LogP contribution >= 0.6 is 11.3 Å². The van der Waals surface area contributed by atoms with Crippen LogP contribution < -0.4 is 5.56 Å². The lowest BCUT2D eigenvalue weighted by molar-refractivity contribution is -0.148. The topological polar surface area (TPSA) is 70.4 Å². The minimum atomic E-state index is -0.831. The molecule has 148 valence electrons. The molecule has 0 aliphatic carbocycles. The van der Waals surface area contributed by atoms with Crippen LogP contribution in [0.2, 0.25) is 0 Å². The molecule has 0 radical (unpaired) electrons. The summed E-state index contributed by atoms with van der Waals surface area (Å²) in [5, 5.41) is 0.427. The maximum Gasteiger partial charge on any atom is 0.329 e. The van der Waals surface area contributed by atoms with E-state index in [-0.39, 0.29) is 24.6 Å². The number of carbonyl (C=O) groups excluding carboxylic acids is 1. The Kier molecular flexibility index (Phi) is 5.90. The van der Waals surface area contributed by atoms with E-state index < -0.39 is 12.0 Å². The summed E-state index contributed by atoms with van der Waals surface area (Å²) in [5.41, 5.74) is 1.13. The van der Waals surface area contributed by atoms with Crippen molar-refractivity contribution in [1.29, 1.82) is 0 Å². The fraction of sp³-hybridized carbons (Fsp3) is 0.350. The number of esters is 1. The van der Waals surface area contributed by atoms with E-state index in [0.29, 0.717) is 21.6 Å². The van der Waals surface area contributed by atoms with Gasteiger partial charge in [-0.15, -0.1) is 11.3 Å². The highest BCUT2D eigenvalue weighted by Gasteiger charge is 2.24. The Hall–Kier alpha value is -2.58. The first-order valence-corrected chi connectivity index (χ1v) is 9.60. The summed E-state index contributed by atoms with van der Waals surface area (Å²) < 4.78 is 24.7. The molecule has 2 heterocycles. The molecule has 2 aromatic heterocycles. The summed E-state index contributed by atoms with van der Waals surface area (Å²) in [6, 6.07) is 5.15. The van der Waals surface area contributed by atoms with E-state index in [2.05, 4.69) is 4.98 Å². The molecule has 1 aromatic carbocycles. The zero-order valence-corrected chi connectivity index (χ0v) is 16.9. The highest BCUT2D eigenvalue weighted by Crippen LogP contribution is 2.36. The van der Waals surface area contributed by atoms with Crippen molar-refractivity contribution in [3.05, 3.63) is 51.1 Å². The second-order valence-corrected chi connectivity index (χ2v) is 7.59. The average molecular weight is 404 g/mol. The van der Waals surface area contributed by atoms with Crippen LogP contribution in [-0.2, 0) is 14.3 Å². The lowest BCUT2D eigenvalue weighted by Gasteiger charge is -2.17. The Balaban J connectivity index is 2.13. The van der Waals surface area contributed by atoms with Gasteiger partial charge in [-0.3, -0.25) is 9.36 Å². The third kappa shape index (κ3) is 3.70. The number of rotatable bonds is 6. The van der Waals surface area contributed by atoms with Gasteiger partial charge in [0.25, 0.3) is 5.56 Å². The van der Waals surface area contributed by atoms with Crippen LogP contribution in [0.15, 0.2) is 29.1 Å². The van der Waals surface area contributed by atoms with Gasteiger partial charge in [-0.25, -0.2) is 14.2 Å². The molecule has 8 heteroatoms. The molecule has 0 spiro atoms. The molecular formula is C20H21FN2O4S. The Labute approximate surface area is 165 Å². The number of hydrogen-bond acceptors (Lipinski definition) is 6. The van der Waals surface area contributed by atoms with Gasteiger partial charge in [0.2, 0.25) is 0 Å². The predicted octanol–water partition coefficient (Wildman–Crippen LogP) is 3.63. The van der Waals surface area contributed by atoms with Crippen LogP contribution in [0.3, 0.4) is 0 Å². The molecule has 0 aliphatic heterocycles. The van der Waals surface area contributed by atoms with Crippen molar-refractivity contribution in [3.63, 3.8) is 0 Å². The fourth-order valence-electron chi connectivity index (χ4n) is 3.15. The molecule has 3 rings (SSSR count). The molecule has 3 aromatic rings. The molecule has 6 nitrogen and oxygen atoms in total. The van der Waals surface area contributed by atoms with Crippen molar-refractivity contribution in [3.8, 4) is 11.1 Å². The Bertz CT molecular complexity index is 1070. The second kappa shape index (κ2) is 8.20. The molecular weight excluding hydrogens is 383 g/mol. The first-order valence-electron chi connectivity index (χ1n) is 8.79. The average Bonchev–Trinajstić information content (AvgIpc) is 2.98. The van der Waals surface area contributed by atoms with Crippen LogP contribution in [0.5, 0.6) is 0 Å². The number of methoxy groups -OCH3 is 1. The quantitative estimate of drug-likeness (QED) is 0.463. The molecule has 1 unspecified atom stereocenters. The first kappa shape index (κ1) is 20.2. The molecule has 1 atom stereocenters. The Morgan fingerprint density at radius 3 is 2.57 bits per heavy atom. The third-order valence-corrected chi connectivity index (χ3v) is 5.50. The third-order valence-electron chi connectivity index (χ3n) is 4.50. The number of aromatic nitrogens is 2. The van der Waals surface area contributed by atoms with Crippen molar-refractivity contribution in [2.75, 3.05) is 20.3 Å². The van der Waals surface area contributed by atoms with Gasteiger partial charge in [0.1, 0.15) is 29.1 Å². The van der Waals surface area contributed by atoms with E-state index in [1.165, 1.54) is 35.1 Å². The minimum Gasteiger partial charge on any atom is -0.462 e.